The van der Waals surface area contributed by atoms with Gasteiger partial charge in [0, 0.05) is 6.20 Å². The Bertz CT molecular complexity index is 525. The molecule has 1 aromatic heterocycles. The van der Waals surface area contributed by atoms with Gasteiger partial charge in [-0.3, -0.25) is 4.79 Å². The van der Waals surface area contributed by atoms with E-state index in [4.69, 9.17) is 5.11 Å². The average molecular weight is 345 g/mol. The van der Waals surface area contributed by atoms with Gasteiger partial charge < -0.3 is 9.66 Å². The molecule has 10 heteroatoms. The van der Waals surface area contributed by atoms with Crippen molar-refractivity contribution in [3.8, 4) is 0 Å². The van der Waals surface area contributed by atoms with E-state index in [-0.39, 0.29) is 36.0 Å². The molecule has 0 aliphatic rings. The van der Waals surface area contributed by atoms with Gasteiger partial charge in [0.2, 0.25) is 0 Å². The molecule has 0 radical (unpaired) electrons. The molecule has 2 atom stereocenters. The maximum absolute atomic E-state index is 11.1. The Hall–Kier alpha value is 0.230. The van der Waals surface area contributed by atoms with Crippen LogP contribution in [0.15, 0.2) is 29.4 Å². The summed E-state index contributed by atoms with van der Waals surface area (Å²) in [6, 6.07) is 5.12. The van der Waals surface area contributed by atoms with Crippen molar-refractivity contribution in [1.29, 1.82) is 0 Å². The van der Waals surface area contributed by atoms with Gasteiger partial charge in [-0.1, -0.05) is 23.8 Å². The van der Waals surface area contributed by atoms with E-state index in [0.717, 1.165) is 21.6 Å². The van der Waals surface area contributed by atoms with Crippen LogP contribution in [-0.4, -0.2) is 33.6 Å². The smallest absolute Gasteiger partial charge is 0.747 e. The fourth-order valence-electron chi connectivity index (χ4n) is 1.09. The predicted octanol–water partition coefficient (Wildman–Crippen LogP) is -1.19. The minimum Gasteiger partial charge on any atom is -0.747 e. The summed E-state index contributed by atoms with van der Waals surface area (Å²) in [5.41, 5.74) is 0. The summed E-state index contributed by atoms with van der Waals surface area (Å²) in [5, 5.41) is 9.32. The van der Waals surface area contributed by atoms with E-state index in [1.165, 1.54) is 6.92 Å². The molecular weight excluding hydrogens is 333 g/mol. The molecule has 0 bridgehead atoms. The van der Waals surface area contributed by atoms with Gasteiger partial charge in [-0.05, 0) is 29.3 Å². The molecule has 0 saturated carbocycles. The summed E-state index contributed by atoms with van der Waals surface area (Å²) >= 11 is 0. The number of aliphatic carboxylic acids is 1. The number of hydrogen-bond acceptors (Lipinski definition) is 7. The second-order valence-corrected chi connectivity index (χ2v) is 8.02. The normalized spacial score (nSPS) is 14.1. The summed E-state index contributed by atoms with van der Waals surface area (Å²) in [6.45, 7) is 1.37. The van der Waals surface area contributed by atoms with Gasteiger partial charge in [0.25, 0.3) is 0 Å². The monoisotopic (exact) mass is 345 g/mol. The van der Waals surface area contributed by atoms with Crippen LogP contribution in [0.2, 0.25) is 0 Å². The maximum atomic E-state index is 11.1. The first-order valence-corrected chi connectivity index (χ1v) is 8.91. The summed E-state index contributed by atoms with van der Waals surface area (Å²) in [4.78, 5) is 14.7. The van der Waals surface area contributed by atoms with Gasteiger partial charge in [0.1, 0.15) is 19.7 Å². The maximum Gasteiger partial charge on any atom is 1.00 e. The number of rotatable bonds is 7. The number of carbonyl (C=O) groups is 1. The van der Waals surface area contributed by atoms with E-state index in [2.05, 4.69) is 4.98 Å². The quantitative estimate of drug-likeness (QED) is 0.373. The first-order chi connectivity index (χ1) is 8.80. The molecule has 1 N–H and O–H groups in total. The molecule has 6 nitrogen and oxygen atoms in total. The molecule has 0 aliphatic carbocycles. The van der Waals surface area contributed by atoms with Crippen molar-refractivity contribution in [3.63, 3.8) is 0 Å². The zero-order chi connectivity index (χ0) is 14.5. The van der Waals surface area contributed by atoms with Crippen LogP contribution in [0, 0.1) is 5.92 Å². The molecule has 0 aliphatic heterocycles. The van der Waals surface area contributed by atoms with Gasteiger partial charge in [-0.2, -0.15) is 0 Å². The molecule has 106 valence electrons. The largest absolute Gasteiger partial charge is 1.00 e. The van der Waals surface area contributed by atoms with Crippen LogP contribution in [-0.2, 0) is 14.9 Å². The van der Waals surface area contributed by atoms with E-state index in [1.54, 1.807) is 24.4 Å². The van der Waals surface area contributed by atoms with Gasteiger partial charge in [0.05, 0.1) is 5.92 Å². The van der Waals surface area contributed by atoms with Crippen molar-refractivity contribution < 1.29 is 52.4 Å². The summed E-state index contributed by atoms with van der Waals surface area (Å²) in [5.74, 6) is -2.03. The van der Waals surface area contributed by atoms with Crippen molar-refractivity contribution in [1.82, 2.24) is 4.98 Å². The second-order valence-electron chi connectivity index (χ2n) is 3.74. The van der Waals surface area contributed by atoms with Crippen LogP contribution in [0.4, 0.5) is 0 Å². The fourth-order valence-corrected chi connectivity index (χ4v) is 5.18. The summed E-state index contributed by atoms with van der Waals surface area (Å²) < 4.78 is 32.0. The molecule has 1 aromatic rings. The standard InChI is InChI=1S/C10H13NO5S3.Na/c1-7(10(12)13)6-9(19(14,15)16)18-17-8-4-2-3-5-11-8;/h2-5,7,9H,6H2,1H3,(H,12,13)(H,14,15,16);/q;+1/p-1. The topological polar surface area (TPSA) is 107 Å². The van der Waals surface area contributed by atoms with Crippen LogP contribution in [0.25, 0.3) is 0 Å². The van der Waals surface area contributed by atoms with Crippen LogP contribution in [0.1, 0.15) is 13.3 Å². The molecule has 2 unspecified atom stereocenters. The molecule has 1 rings (SSSR count). The first-order valence-electron chi connectivity index (χ1n) is 5.22. The summed E-state index contributed by atoms with van der Waals surface area (Å²) in [6.07, 6.45) is 1.31. The fraction of sp³-hybridized carbons (Fsp3) is 0.400. The Balaban J connectivity index is 0.00000361. The SMILES string of the molecule is CC(CC(SSc1ccccn1)S(=O)(=O)[O-])C(=O)O.[Na+]. The molecule has 1 heterocycles. The number of carboxylic acid groups (broad SMARTS) is 1. The minimum atomic E-state index is -4.56. The van der Waals surface area contributed by atoms with Crippen LogP contribution in [0.3, 0.4) is 0 Å². The third-order valence-corrected chi connectivity index (χ3v) is 6.78. The van der Waals surface area contributed by atoms with E-state index < -0.39 is 26.6 Å². The molecule has 0 saturated heterocycles. The zero-order valence-corrected chi connectivity index (χ0v) is 15.4. The van der Waals surface area contributed by atoms with Crippen molar-refractivity contribution in [2.75, 3.05) is 0 Å². The third kappa shape index (κ3) is 7.30. The van der Waals surface area contributed by atoms with Crippen LogP contribution in [0.5, 0.6) is 0 Å². The summed E-state index contributed by atoms with van der Waals surface area (Å²) in [7, 11) is -2.70. The van der Waals surface area contributed by atoms with Gasteiger partial charge in [-0.15, -0.1) is 0 Å². The number of pyridine rings is 1. The van der Waals surface area contributed by atoms with E-state index >= 15 is 0 Å². The zero-order valence-electron chi connectivity index (χ0n) is 10.9. The third-order valence-electron chi connectivity index (χ3n) is 2.17. The van der Waals surface area contributed by atoms with Crippen molar-refractivity contribution in [2.24, 2.45) is 5.92 Å². The Morgan fingerprint density at radius 3 is 2.60 bits per heavy atom. The average Bonchev–Trinajstić information content (AvgIpc) is 2.33. The molecule has 0 spiro atoms. The van der Waals surface area contributed by atoms with Gasteiger partial charge in [-0.25, -0.2) is 13.4 Å². The molecular formula is C10H12NNaO5S3. The molecule has 0 aromatic carbocycles. The molecule has 20 heavy (non-hydrogen) atoms. The van der Waals surface area contributed by atoms with Crippen molar-refractivity contribution in [3.05, 3.63) is 24.4 Å². The Morgan fingerprint density at radius 2 is 2.15 bits per heavy atom. The van der Waals surface area contributed by atoms with Gasteiger partial charge >= 0.3 is 35.5 Å². The molecule has 0 amide bonds. The number of hydrogen-bond donors (Lipinski definition) is 1. The van der Waals surface area contributed by atoms with Crippen molar-refractivity contribution in [2.45, 2.75) is 23.0 Å². The number of aromatic nitrogens is 1. The molecule has 0 fully saturated rings. The van der Waals surface area contributed by atoms with E-state index in [9.17, 15) is 17.8 Å². The second kappa shape index (κ2) is 9.29. The Kier molecular flexibility index (Phi) is 9.40. The van der Waals surface area contributed by atoms with Gasteiger partial charge in [0.15, 0.2) is 0 Å². The first kappa shape index (κ1) is 20.2. The number of nitrogens with zero attached hydrogens (tertiary/aromatic N) is 1. The number of carboxylic acids is 1. The van der Waals surface area contributed by atoms with Crippen molar-refractivity contribution >= 4 is 37.7 Å². The van der Waals surface area contributed by atoms with E-state index in [1.807, 2.05) is 0 Å². The minimum absolute atomic E-state index is 0. The Labute approximate surface area is 147 Å². The van der Waals surface area contributed by atoms with Crippen LogP contribution < -0.4 is 29.6 Å². The van der Waals surface area contributed by atoms with E-state index in [0.29, 0.717) is 5.03 Å². The van der Waals surface area contributed by atoms with Crippen LogP contribution >= 0.6 is 21.6 Å². The predicted molar refractivity (Wildman–Crippen MR) is 72.6 cm³/mol. The Morgan fingerprint density at radius 1 is 1.50 bits per heavy atom.